The third kappa shape index (κ3) is 2.61. The van der Waals surface area contributed by atoms with E-state index in [1.807, 2.05) is 0 Å². The Bertz CT molecular complexity index is 633. The molecule has 8 heteroatoms. The topological polar surface area (TPSA) is 110 Å². The average Bonchev–Trinajstić information content (AvgIpc) is 2.40. The quantitative estimate of drug-likeness (QED) is 0.261. The molecule has 0 radical (unpaired) electrons. The number of fused-ring (bicyclic) bond motifs is 1. The summed E-state index contributed by atoms with van der Waals surface area (Å²) in [6.07, 6.45) is 0. The maximum Gasteiger partial charge on any atom is 0.154 e. The summed E-state index contributed by atoms with van der Waals surface area (Å²) >= 11 is 0.695. The van der Waals surface area contributed by atoms with E-state index in [0.29, 0.717) is 33.4 Å². The molecule has 2 aromatic rings. The number of phenols is 1. The molecule has 0 heterocycles. The van der Waals surface area contributed by atoms with Gasteiger partial charge >= 0.3 is 0 Å². The second-order valence-corrected chi connectivity index (χ2v) is 4.29. The Morgan fingerprint density at radius 2 is 2.16 bits per heavy atom. The first-order valence-corrected chi connectivity index (χ1v) is 5.92. The second kappa shape index (κ2) is 5.85. The van der Waals surface area contributed by atoms with Crippen molar-refractivity contribution < 1.29 is 19.7 Å². The van der Waals surface area contributed by atoms with Crippen molar-refractivity contribution in [2.24, 2.45) is 10.2 Å². The van der Waals surface area contributed by atoms with E-state index in [1.165, 1.54) is 7.05 Å². The number of nitrogen functional groups attached to an aromatic ring is 1. The minimum atomic E-state index is -0.106. The van der Waals surface area contributed by atoms with Crippen LogP contribution in [-0.4, -0.2) is 17.4 Å². The molecule has 0 spiro atoms. The SMILES string of the molecule is CN=Nc1c(SOOO)cc2cccc(N)c2c1O. The number of nitrogens with two attached hydrogens (primary N) is 1. The van der Waals surface area contributed by atoms with Gasteiger partial charge in [0.2, 0.25) is 0 Å². The first kappa shape index (κ1) is 13.6. The van der Waals surface area contributed by atoms with E-state index < -0.39 is 0 Å². The van der Waals surface area contributed by atoms with Crippen LogP contribution >= 0.6 is 12.0 Å². The summed E-state index contributed by atoms with van der Waals surface area (Å²) in [5.74, 6) is -0.106. The van der Waals surface area contributed by atoms with Crippen LogP contribution < -0.4 is 5.73 Å². The van der Waals surface area contributed by atoms with Crippen molar-refractivity contribution in [3.63, 3.8) is 0 Å². The van der Waals surface area contributed by atoms with Crippen molar-refractivity contribution in [2.45, 2.75) is 4.90 Å². The van der Waals surface area contributed by atoms with Gasteiger partial charge < -0.3 is 10.8 Å². The van der Waals surface area contributed by atoms with E-state index >= 15 is 0 Å². The summed E-state index contributed by atoms with van der Waals surface area (Å²) in [4.78, 5) is 0.426. The Hall–Kier alpha value is -1.87. The van der Waals surface area contributed by atoms with Crippen LogP contribution in [0.4, 0.5) is 11.4 Å². The van der Waals surface area contributed by atoms with E-state index in [9.17, 15) is 5.11 Å². The van der Waals surface area contributed by atoms with Crippen molar-refractivity contribution >= 4 is 34.2 Å². The predicted molar refractivity (Wildman–Crippen MR) is 71.1 cm³/mol. The first-order valence-electron chi connectivity index (χ1n) is 5.17. The summed E-state index contributed by atoms with van der Waals surface area (Å²) < 4.78 is 4.37. The smallest absolute Gasteiger partial charge is 0.154 e. The monoisotopic (exact) mass is 281 g/mol. The number of azo groups is 1. The molecule has 0 aliphatic heterocycles. The number of rotatable bonds is 4. The standard InChI is InChI=1S/C11H11N3O4S/c1-13-14-10-8(19-18-17-16)5-6-3-2-4-7(12)9(6)11(10)15/h2-5,15-16H,12H2,1H3. The van der Waals surface area contributed by atoms with E-state index in [4.69, 9.17) is 11.0 Å². The molecule has 0 bridgehead atoms. The van der Waals surface area contributed by atoms with Gasteiger partial charge in [0.1, 0.15) is 5.69 Å². The van der Waals surface area contributed by atoms with Gasteiger partial charge in [0.15, 0.2) is 5.75 Å². The van der Waals surface area contributed by atoms with Crippen molar-refractivity contribution in [1.82, 2.24) is 0 Å². The molecule has 19 heavy (non-hydrogen) atoms. The van der Waals surface area contributed by atoms with Gasteiger partial charge in [-0.3, -0.25) is 0 Å². The number of benzene rings is 2. The van der Waals surface area contributed by atoms with Crippen LogP contribution in [0.1, 0.15) is 0 Å². The van der Waals surface area contributed by atoms with E-state index in [2.05, 4.69) is 19.6 Å². The second-order valence-electron chi connectivity index (χ2n) is 3.54. The molecular weight excluding hydrogens is 270 g/mol. The van der Waals surface area contributed by atoms with Crippen LogP contribution in [0.2, 0.25) is 0 Å². The molecule has 0 unspecified atom stereocenters. The lowest BCUT2D eigenvalue weighted by molar-refractivity contribution is -0.432. The maximum atomic E-state index is 10.2. The zero-order valence-electron chi connectivity index (χ0n) is 9.90. The summed E-state index contributed by atoms with van der Waals surface area (Å²) in [7, 11) is 1.47. The van der Waals surface area contributed by atoms with Gasteiger partial charge in [-0.15, -0.1) is 4.33 Å². The lowest BCUT2D eigenvalue weighted by atomic mass is 10.1. The summed E-state index contributed by atoms with van der Waals surface area (Å²) in [5, 5.41) is 30.6. The molecule has 2 rings (SSSR count). The Morgan fingerprint density at radius 3 is 2.84 bits per heavy atom. The van der Waals surface area contributed by atoms with E-state index in [-0.39, 0.29) is 11.4 Å². The highest BCUT2D eigenvalue weighted by Crippen LogP contribution is 2.45. The van der Waals surface area contributed by atoms with Crippen LogP contribution in [-0.2, 0) is 9.37 Å². The number of hydrogen-bond acceptors (Lipinski definition) is 8. The molecule has 0 aliphatic carbocycles. The lowest BCUT2D eigenvalue weighted by Gasteiger charge is -2.10. The fourth-order valence-electron chi connectivity index (χ4n) is 1.74. The summed E-state index contributed by atoms with van der Waals surface area (Å²) in [6, 6.07) is 6.91. The molecule has 0 amide bonds. The average molecular weight is 281 g/mol. The molecule has 7 nitrogen and oxygen atoms in total. The Balaban J connectivity index is 2.70. The van der Waals surface area contributed by atoms with Crippen LogP contribution in [0, 0.1) is 0 Å². The molecule has 0 fully saturated rings. The molecular formula is C11H11N3O4S. The van der Waals surface area contributed by atoms with Gasteiger partial charge in [-0.05, 0) is 17.5 Å². The number of hydrogen-bond donors (Lipinski definition) is 3. The van der Waals surface area contributed by atoms with Crippen LogP contribution in [0.5, 0.6) is 5.75 Å². The van der Waals surface area contributed by atoms with Crippen LogP contribution in [0.25, 0.3) is 10.8 Å². The van der Waals surface area contributed by atoms with Crippen molar-refractivity contribution in [1.29, 1.82) is 0 Å². The zero-order chi connectivity index (χ0) is 13.8. The Morgan fingerprint density at radius 1 is 1.37 bits per heavy atom. The molecule has 0 saturated heterocycles. The van der Waals surface area contributed by atoms with Gasteiger partial charge in [-0.1, -0.05) is 17.2 Å². The first-order chi connectivity index (χ1) is 9.19. The van der Waals surface area contributed by atoms with E-state index in [1.54, 1.807) is 24.3 Å². The number of aromatic hydroxyl groups is 1. The number of nitrogens with zero attached hydrogens (tertiary/aromatic N) is 2. The van der Waals surface area contributed by atoms with Crippen molar-refractivity contribution in [2.75, 3.05) is 12.8 Å². The van der Waals surface area contributed by atoms with Crippen LogP contribution in [0.3, 0.4) is 0 Å². The Kier molecular flexibility index (Phi) is 4.17. The number of phenolic OH excluding ortho intramolecular Hbond substituents is 1. The molecule has 100 valence electrons. The van der Waals surface area contributed by atoms with Gasteiger partial charge in [0, 0.05) is 18.1 Å². The third-order valence-electron chi connectivity index (χ3n) is 2.46. The highest BCUT2D eigenvalue weighted by atomic mass is 32.2. The van der Waals surface area contributed by atoms with Crippen molar-refractivity contribution in [3.8, 4) is 5.75 Å². The lowest BCUT2D eigenvalue weighted by Crippen LogP contribution is -1.89. The third-order valence-corrected chi connectivity index (χ3v) is 3.08. The largest absolute Gasteiger partial charge is 0.505 e. The molecule has 0 aliphatic rings. The zero-order valence-corrected chi connectivity index (χ0v) is 10.7. The normalized spacial score (nSPS) is 11.5. The Labute approximate surface area is 112 Å². The molecule has 4 N–H and O–H groups in total. The highest BCUT2D eigenvalue weighted by Gasteiger charge is 2.16. The fraction of sp³-hybridized carbons (Fsp3) is 0.0909. The van der Waals surface area contributed by atoms with Crippen molar-refractivity contribution in [3.05, 3.63) is 24.3 Å². The predicted octanol–water partition coefficient (Wildman–Crippen LogP) is 3.27. The fourth-order valence-corrected chi connectivity index (χ4v) is 2.23. The van der Waals surface area contributed by atoms with Gasteiger partial charge in [0.05, 0.1) is 16.9 Å². The van der Waals surface area contributed by atoms with Gasteiger partial charge in [-0.2, -0.15) is 10.2 Å². The van der Waals surface area contributed by atoms with E-state index in [0.717, 1.165) is 0 Å². The minimum absolute atomic E-state index is 0.106. The minimum Gasteiger partial charge on any atom is -0.505 e. The van der Waals surface area contributed by atoms with Crippen LogP contribution in [0.15, 0.2) is 39.4 Å². The summed E-state index contributed by atoms with van der Waals surface area (Å²) in [5.41, 5.74) is 6.46. The maximum absolute atomic E-state index is 10.2. The number of anilines is 1. The van der Waals surface area contributed by atoms with Gasteiger partial charge in [-0.25, -0.2) is 5.26 Å². The van der Waals surface area contributed by atoms with Gasteiger partial charge in [0.25, 0.3) is 0 Å². The molecule has 0 aromatic heterocycles. The highest BCUT2D eigenvalue weighted by molar-refractivity contribution is 7.94. The molecule has 0 atom stereocenters. The summed E-state index contributed by atoms with van der Waals surface area (Å²) in [6.45, 7) is 0. The molecule has 2 aromatic carbocycles. The molecule has 0 saturated carbocycles.